The molecule has 0 spiro atoms. The molecule has 0 N–H and O–H groups in total. The number of alkyl halides is 3. The van der Waals surface area contributed by atoms with Crippen molar-refractivity contribution in [3.8, 4) is 6.07 Å². The summed E-state index contributed by atoms with van der Waals surface area (Å²) in [6.45, 7) is 0. The van der Waals surface area contributed by atoms with Gasteiger partial charge in [0.25, 0.3) is 0 Å². The minimum absolute atomic E-state index is 0.288. The molecule has 0 unspecified atom stereocenters. The van der Waals surface area contributed by atoms with Crippen LogP contribution in [0.1, 0.15) is 27.0 Å². The van der Waals surface area contributed by atoms with E-state index in [4.69, 9.17) is 5.26 Å². The number of carbonyl (C=O) groups excluding carboxylic acids is 1. The van der Waals surface area contributed by atoms with Crippen LogP contribution in [0.5, 0.6) is 0 Å². The molecule has 0 aliphatic carbocycles. The van der Waals surface area contributed by atoms with Crippen LogP contribution < -0.4 is 0 Å². The van der Waals surface area contributed by atoms with Gasteiger partial charge in [0.15, 0.2) is 5.78 Å². The second kappa shape index (κ2) is 6.27. The van der Waals surface area contributed by atoms with Crippen LogP contribution in [-0.4, -0.2) is 5.78 Å². The summed E-state index contributed by atoms with van der Waals surface area (Å²) >= 11 is 0. The van der Waals surface area contributed by atoms with E-state index in [-0.39, 0.29) is 5.78 Å². The van der Waals surface area contributed by atoms with E-state index in [9.17, 15) is 18.0 Å². The summed E-state index contributed by atoms with van der Waals surface area (Å²) in [4.78, 5) is 11.9. The van der Waals surface area contributed by atoms with Gasteiger partial charge in [-0.3, -0.25) is 4.79 Å². The minimum Gasteiger partial charge on any atom is -0.289 e. The Hall–Kier alpha value is -2.87. The Morgan fingerprint density at radius 3 is 2.09 bits per heavy atom. The number of nitrogens with zero attached hydrogens (tertiary/aromatic N) is 1. The van der Waals surface area contributed by atoms with Gasteiger partial charge in [0, 0.05) is 5.56 Å². The van der Waals surface area contributed by atoms with E-state index in [1.807, 2.05) is 6.07 Å². The normalized spacial score (nSPS) is 11.4. The Morgan fingerprint density at radius 2 is 1.59 bits per heavy atom. The summed E-state index contributed by atoms with van der Waals surface area (Å²) in [6.07, 6.45) is -1.65. The standard InChI is InChI=1S/C17H10F3NO/c18-17(19,20)15-8-3-12(4-9-15)5-10-16(22)14-6-1-13(11-21)2-7-14/h1-10H. The molecule has 0 saturated heterocycles. The maximum Gasteiger partial charge on any atom is 0.416 e. The number of ketones is 1. The highest BCUT2D eigenvalue weighted by atomic mass is 19.4. The maximum atomic E-state index is 12.4. The van der Waals surface area contributed by atoms with Gasteiger partial charge in [-0.25, -0.2) is 0 Å². The van der Waals surface area contributed by atoms with Gasteiger partial charge in [-0.15, -0.1) is 0 Å². The molecule has 5 heteroatoms. The lowest BCUT2D eigenvalue weighted by atomic mass is 10.1. The molecule has 110 valence electrons. The van der Waals surface area contributed by atoms with Gasteiger partial charge < -0.3 is 0 Å². The summed E-state index contributed by atoms with van der Waals surface area (Å²) in [5, 5.41) is 8.67. The zero-order valence-corrected chi connectivity index (χ0v) is 11.3. The van der Waals surface area contributed by atoms with Crippen LogP contribution in [-0.2, 0) is 6.18 Å². The van der Waals surface area contributed by atoms with E-state index in [2.05, 4.69) is 0 Å². The quantitative estimate of drug-likeness (QED) is 0.620. The van der Waals surface area contributed by atoms with Crippen molar-refractivity contribution in [1.82, 2.24) is 0 Å². The average molecular weight is 301 g/mol. The van der Waals surface area contributed by atoms with Crippen molar-refractivity contribution in [2.24, 2.45) is 0 Å². The first-order valence-corrected chi connectivity index (χ1v) is 6.30. The number of benzene rings is 2. The molecular weight excluding hydrogens is 291 g/mol. The summed E-state index contributed by atoms with van der Waals surface area (Å²) in [7, 11) is 0. The molecular formula is C17H10F3NO. The fraction of sp³-hybridized carbons (Fsp3) is 0.0588. The van der Waals surface area contributed by atoms with Crippen LogP contribution in [0.4, 0.5) is 13.2 Å². The number of carbonyl (C=O) groups is 1. The zero-order valence-electron chi connectivity index (χ0n) is 11.3. The molecule has 2 aromatic rings. The summed E-state index contributed by atoms with van der Waals surface area (Å²) < 4.78 is 37.3. The van der Waals surface area contributed by atoms with E-state index < -0.39 is 11.7 Å². The third-order valence-corrected chi connectivity index (χ3v) is 2.96. The fourth-order valence-corrected chi connectivity index (χ4v) is 1.76. The second-order valence-electron chi connectivity index (χ2n) is 4.51. The van der Waals surface area contributed by atoms with Crippen molar-refractivity contribution in [3.05, 3.63) is 76.9 Å². The lowest BCUT2D eigenvalue weighted by molar-refractivity contribution is -0.137. The molecule has 0 radical (unpaired) electrons. The molecule has 2 nitrogen and oxygen atoms in total. The molecule has 2 aromatic carbocycles. The zero-order chi connectivity index (χ0) is 16.2. The minimum atomic E-state index is -4.37. The number of hydrogen-bond donors (Lipinski definition) is 0. The molecule has 0 bridgehead atoms. The van der Waals surface area contributed by atoms with Crippen molar-refractivity contribution < 1.29 is 18.0 Å². The van der Waals surface area contributed by atoms with Gasteiger partial charge in [0.05, 0.1) is 17.2 Å². The molecule has 0 aromatic heterocycles. The third-order valence-electron chi connectivity index (χ3n) is 2.96. The monoisotopic (exact) mass is 301 g/mol. The van der Waals surface area contributed by atoms with Crippen molar-refractivity contribution in [2.75, 3.05) is 0 Å². The first kappa shape index (κ1) is 15.5. The SMILES string of the molecule is N#Cc1ccc(C(=O)C=Cc2ccc(C(F)(F)F)cc2)cc1. The largest absolute Gasteiger partial charge is 0.416 e. The van der Waals surface area contributed by atoms with Gasteiger partial charge in [-0.1, -0.05) is 18.2 Å². The van der Waals surface area contributed by atoms with Crippen molar-refractivity contribution in [1.29, 1.82) is 5.26 Å². The molecule has 0 saturated carbocycles. The Bertz CT molecular complexity index is 735. The lowest BCUT2D eigenvalue weighted by Crippen LogP contribution is -2.04. The van der Waals surface area contributed by atoms with Gasteiger partial charge in [0.2, 0.25) is 0 Å². The predicted octanol–water partition coefficient (Wildman–Crippen LogP) is 4.47. The molecule has 0 amide bonds. The summed E-state index contributed by atoms with van der Waals surface area (Å²) in [6, 6.07) is 12.6. The smallest absolute Gasteiger partial charge is 0.289 e. The van der Waals surface area contributed by atoms with Crippen molar-refractivity contribution in [3.63, 3.8) is 0 Å². The fourth-order valence-electron chi connectivity index (χ4n) is 1.76. The number of halogens is 3. The van der Waals surface area contributed by atoms with E-state index in [1.165, 1.54) is 48.6 Å². The first-order valence-electron chi connectivity index (χ1n) is 6.30. The van der Waals surface area contributed by atoms with Crippen LogP contribution in [0.25, 0.3) is 6.08 Å². The number of hydrogen-bond acceptors (Lipinski definition) is 2. The molecule has 0 fully saturated rings. The Labute approximate surface area is 125 Å². The van der Waals surface area contributed by atoms with Crippen LogP contribution in [0.2, 0.25) is 0 Å². The van der Waals surface area contributed by atoms with Crippen molar-refractivity contribution in [2.45, 2.75) is 6.18 Å². The molecule has 0 heterocycles. The van der Waals surface area contributed by atoms with Gasteiger partial charge in [0.1, 0.15) is 0 Å². The number of rotatable bonds is 3. The Balaban J connectivity index is 2.10. The molecule has 0 aliphatic heterocycles. The van der Waals surface area contributed by atoms with Crippen LogP contribution >= 0.6 is 0 Å². The van der Waals surface area contributed by atoms with E-state index >= 15 is 0 Å². The van der Waals surface area contributed by atoms with Crippen molar-refractivity contribution >= 4 is 11.9 Å². The summed E-state index contributed by atoms with van der Waals surface area (Å²) in [5.41, 5.74) is 0.614. The molecule has 22 heavy (non-hydrogen) atoms. The molecule has 2 rings (SSSR count). The van der Waals surface area contributed by atoms with E-state index in [0.717, 1.165) is 12.1 Å². The van der Waals surface area contributed by atoms with Crippen LogP contribution in [0, 0.1) is 11.3 Å². The summed E-state index contributed by atoms with van der Waals surface area (Å²) in [5.74, 6) is -0.288. The number of allylic oxidation sites excluding steroid dienone is 1. The van der Waals surface area contributed by atoms with E-state index in [1.54, 1.807) is 0 Å². The Morgan fingerprint density at radius 1 is 1.00 bits per heavy atom. The molecule has 0 aliphatic rings. The topological polar surface area (TPSA) is 40.9 Å². The first-order chi connectivity index (χ1) is 10.4. The Kier molecular flexibility index (Phi) is 4.42. The average Bonchev–Trinajstić information content (AvgIpc) is 2.52. The predicted molar refractivity (Wildman–Crippen MR) is 76.0 cm³/mol. The highest BCUT2D eigenvalue weighted by Crippen LogP contribution is 2.29. The van der Waals surface area contributed by atoms with Gasteiger partial charge >= 0.3 is 6.18 Å². The van der Waals surface area contributed by atoms with Crippen LogP contribution in [0.15, 0.2) is 54.6 Å². The maximum absolute atomic E-state index is 12.4. The van der Waals surface area contributed by atoms with Gasteiger partial charge in [-0.05, 0) is 48.0 Å². The second-order valence-corrected chi connectivity index (χ2v) is 4.51. The third kappa shape index (κ3) is 3.83. The van der Waals surface area contributed by atoms with Crippen LogP contribution in [0.3, 0.4) is 0 Å². The highest BCUT2D eigenvalue weighted by molar-refractivity contribution is 6.06. The molecule has 0 atom stereocenters. The van der Waals surface area contributed by atoms with E-state index in [0.29, 0.717) is 16.7 Å². The lowest BCUT2D eigenvalue weighted by Gasteiger charge is -2.05. The highest BCUT2D eigenvalue weighted by Gasteiger charge is 2.29. The van der Waals surface area contributed by atoms with Gasteiger partial charge in [-0.2, -0.15) is 18.4 Å². The number of nitriles is 1.